The van der Waals surface area contributed by atoms with E-state index >= 15 is 0 Å². The van der Waals surface area contributed by atoms with Gasteiger partial charge in [0.1, 0.15) is 0 Å². The zero-order valence-electron chi connectivity index (χ0n) is 13.5. The molecule has 0 radical (unpaired) electrons. The van der Waals surface area contributed by atoms with E-state index in [0.29, 0.717) is 5.92 Å². The molecule has 0 atom stereocenters. The zero-order valence-corrected chi connectivity index (χ0v) is 13.5. The summed E-state index contributed by atoms with van der Waals surface area (Å²) in [4.78, 5) is 4.96. The minimum Gasteiger partial charge on any atom is -0.313 e. The molecule has 0 bridgehead atoms. The molecule has 1 N–H and O–H groups in total. The number of hydrogen-bond acceptors (Lipinski definition) is 2. The zero-order chi connectivity index (χ0) is 14.8. The number of hydrogen-bond donors (Lipinski definition) is 1. The number of pyridine rings is 1. The summed E-state index contributed by atoms with van der Waals surface area (Å²) in [6.07, 6.45) is 4.95. The first-order valence-electron chi connectivity index (χ1n) is 8.35. The van der Waals surface area contributed by atoms with E-state index in [-0.39, 0.29) is 0 Å². The van der Waals surface area contributed by atoms with E-state index in [9.17, 15) is 0 Å². The monoisotopic (exact) mass is 282 g/mol. The van der Waals surface area contributed by atoms with E-state index < -0.39 is 0 Å². The highest BCUT2D eigenvalue weighted by molar-refractivity contribution is 5.84. The summed E-state index contributed by atoms with van der Waals surface area (Å²) >= 11 is 0. The Kier molecular flexibility index (Phi) is 4.25. The van der Waals surface area contributed by atoms with Crippen LogP contribution < -0.4 is 5.32 Å². The first kappa shape index (κ1) is 14.5. The Hall–Kier alpha value is -1.41. The quantitative estimate of drug-likeness (QED) is 0.902. The number of nitrogens with zero attached hydrogens (tertiary/aromatic N) is 1. The highest BCUT2D eigenvalue weighted by Gasteiger charge is 2.18. The summed E-state index contributed by atoms with van der Waals surface area (Å²) in [6, 6.07) is 6.83. The van der Waals surface area contributed by atoms with Crippen molar-refractivity contribution in [2.75, 3.05) is 6.54 Å². The average Bonchev–Trinajstić information content (AvgIpc) is 2.50. The average molecular weight is 282 g/mol. The second kappa shape index (κ2) is 6.15. The second-order valence-electron chi connectivity index (χ2n) is 6.43. The predicted molar refractivity (Wildman–Crippen MR) is 89.9 cm³/mol. The van der Waals surface area contributed by atoms with Crippen LogP contribution in [0.3, 0.4) is 0 Å². The van der Waals surface area contributed by atoms with Gasteiger partial charge < -0.3 is 5.32 Å². The lowest BCUT2D eigenvalue weighted by Crippen LogP contribution is -2.17. The first-order chi connectivity index (χ1) is 10.2. The van der Waals surface area contributed by atoms with E-state index in [1.807, 2.05) is 0 Å². The topological polar surface area (TPSA) is 24.9 Å². The van der Waals surface area contributed by atoms with Gasteiger partial charge in [-0.15, -0.1) is 0 Å². The van der Waals surface area contributed by atoms with Crippen molar-refractivity contribution in [1.29, 1.82) is 0 Å². The largest absolute Gasteiger partial charge is 0.313 e. The van der Waals surface area contributed by atoms with Gasteiger partial charge in [0.15, 0.2) is 0 Å². The maximum absolute atomic E-state index is 4.96. The van der Waals surface area contributed by atoms with E-state index in [1.54, 1.807) is 0 Å². The van der Waals surface area contributed by atoms with Crippen LogP contribution in [-0.4, -0.2) is 11.5 Å². The van der Waals surface area contributed by atoms with Crippen molar-refractivity contribution >= 4 is 10.9 Å². The predicted octanol–water partition coefficient (Wildman–Crippen LogP) is 4.35. The van der Waals surface area contributed by atoms with Gasteiger partial charge in [-0.3, -0.25) is 4.98 Å². The molecule has 2 heteroatoms. The highest BCUT2D eigenvalue weighted by Crippen LogP contribution is 2.31. The Morgan fingerprint density at radius 3 is 2.76 bits per heavy atom. The third-order valence-electron chi connectivity index (χ3n) is 4.62. The molecule has 0 amide bonds. The van der Waals surface area contributed by atoms with E-state index in [0.717, 1.165) is 19.5 Å². The van der Waals surface area contributed by atoms with Gasteiger partial charge in [0.25, 0.3) is 0 Å². The van der Waals surface area contributed by atoms with Gasteiger partial charge in [-0.05, 0) is 67.0 Å². The molecule has 1 aromatic heterocycles. The van der Waals surface area contributed by atoms with E-state index in [4.69, 9.17) is 4.98 Å². The summed E-state index contributed by atoms with van der Waals surface area (Å²) in [5.41, 5.74) is 6.96. The molecule has 0 unspecified atom stereocenters. The summed E-state index contributed by atoms with van der Waals surface area (Å²) < 4.78 is 0. The Balaban J connectivity index is 2.20. The van der Waals surface area contributed by atoms with Gasteiger partial charge in [0.2, 0.25) is 0 Å². The van der Waals surface area contributed by atoms with Crippen molar-refractivity contribution in [2.24, 2.45) is 0 Å². The van der Waals surface area contributed by atoms with Crippen LogP contribution in [-0.2, 0) is 19.4 Å². The molecule has 3 rings (SSSR count). The molecule has 0 aliphatic heterocycles. The minimum atomic E-state index is 0.567. The molecule has 21 heavy (non-hydrogen) atoms. The summed E-state index contributed by atoms with van der Waals surface area (Å²) in [5.74, 6) is 0.567. The summed E-state index contributed by atoms with van der Waals surface area (Å²) in [7, 11) is 0. The standard InChI is InChI=1S/C19H26N2/c1-4-20-12-17-15-7-5-6-8-18(15)21-19-10-9-14(13(2)3)11-16(17)19/h9-11,13,20H,4-8,12H2,1-3H3. The van der Waals surface area contributed by atoms with Crippen molar-refractivity contribution in [2.45, 2.75) is 58.9 Å². The number of benzene rings is 1. The first-order valence-corrected chi connectivity index (χ1v) is 8.35. The third-order valence-corrected chi connectivity index (χ3v) is 4.62. The molecule has 0 saturated carbocycles. The minimum absolute atomic E-state index is 0.567. The Bertz CT molecular complexity index is 644. The number of nitrogens with one attached hydrogen (secondary N) is 1. The SMILES string of the molecule is CCNCc1c2c(nc3ccc(C(C)C)cc13)CCCC2. The molecule has 0 saturated heterocycles. The Morgan fingerprint density at radius 1 is 1.19 bits per heavy atom. The fraction of sp³-hybridized carbons (Fsp3) is 0.526. The summed E-state index contributed by atoms with van der Waals surface area (Å²) in [5, 5.41) is 4.89. The van der Waals surface area contributed by atoms with Crippen LogP contribution in [0.25, 0.3) is 10.9 Å². The van der Waals surface area contributed by atoms with E-state index in [2.05, 4.69) is 44.3 Å². The number of rotatable bonds is 4. The van der Waals surface area contributed by atoms with Gasteiger partial charge in [-0.25, -0.2) is 0 Å². The van der Waals surface area contributed by atoms with Gasteiger partial charge in [0, 0.05) is 17.6 Å². The van der Waals surface area contributed by atoms with Crippen LogP contribution in [0.5, 0.6) is 0 Å². The molecular formula is C19H26N2. The van der Waals surface area contributed by atoms with Crippen LogP contribution in [0, 0.1) is 0 Å². The van der Waals surface area contributed by atoms with Crippen LogP contribution in [0.1, 0.15) is 61.9 Å². The fourth-order valence-corrected chi connectivity index (χ4v) is 3.35. The molecule has 1 aliphatic carbocycles. The van der Waals surface area contributed by atoms with Gasteiger partial charge >= 0.3 is 0 Å². The van der Waals surface area contributed by atoms with Crippen LogP contribution in [0.4, 0.5) is 0 Å². The van der Waals surface area contributed by atoms with Crippen LogP contribution >= 0.6 is 0 Å². The molecule has 2 nitrogen and oxygen atoms in total. The third kappa shape index (κ3) is 2.82. The number of aromatic nitrogens is 1. The van der Waals surface area contributed by atoms with Crippen molar-refractivity contribution in [3.05, 3.63) is 40.6 Å². The molecule has 1 aliphatic rings. The van der Waals surface area contributed by atoms with Crippen LogP contribution in [0.15, 0.2) is 18.2 Å². The smallest absolute Gasteiger partial charge is 0.0708 e. The van der Waals surface area contributed by atoms with Crippen molar-refractivity contribution in [1.82, 2.24) is 10.3 Å². The lowest BCUT2D eigenvalue weighted by molar-refractivity contribution is 0.651. The molecule has 1 aromatic carbocycles. The van der Waals surface area contributed by atoms with Gasteiger partial charge in [-0.2, -0.15) is 0 Å². The van der Waals surface area contributed by atoms with E-state index in [1.165, 1.54) is 52.5 Å². The van der Waals surface area contributed by atoms with Crippen LogP contribution in [0.2, 0.25) is 0 Å². The maximum Gasteiger partial charge on any atom is 0.0708 e. The Labute approximate surface area is 128 Å². The van der Waals surface area contributed by atoms with Crippen molar-refractivity contribution in [3.8, 4) is 0 Å². The number of fused-ring (bicyclic) bond motifs is 2. The summed E-state index contributed by atoms with van der Waals surface area (Å²) in [6.45, 7) is 8.69. The molecular weight excluding hydrogens is 256 g/mol. The molecule has 112 valence electrons. The fourth-order valence-electron chi connectivity index (χ4n) is 3.35. The lowest BCUT2D eigenvalue weighted by atomic mass is 9.88. The number of aryl methyl sites for hydroxylation is 1. The second-order valence-corrected chi connectivity index (χ2v) is 6.43. The molecule has 0 fully saturated rings. The highest BCUT2D eigenvalue weighted by atomic mass is 14.8. The molecule has 0 spiro atoms. The van der Waals surface area contributed by atoms with Crippen molar-refractivity contribution in [3.63, 3.8) is 0 Å². The van der Waals surface area contributed by atoms with Crippen molar-refractivity contribution < 1.29 is 0 Å². The Morgan fingerprint density at radius 2 is 2.00 bits per heavy atom. The lowest BCUT2D eigenvalue weighted by Gasteiger charge is -2.21. The van der Waals surface area contributed by atoms with Gasteiger partial charge in [0.05, 0.1) is 5.52 Å². The normalized spacial score (nSPS) is 14.7. The molecule has 1 heterocycles. The molecule has 2 aromatic rings. The maximum atomic E-state index is 4.96. The van der Waals surface area contributed by atoms with Gasteiger partial charge in [-0.1, -0.05) is 26.8 Å².